The SMILES string of the molecule is COc1ccc(O)c(OC)c1.COc1ccc(Oc2cc(OC)ccc2[N+](=O)[O-])c(OC)c1.COc1ccc([N+](=O)[O-])c(F)c1. The summed E-state index contributed by atoms with van der Waals surface area (Å²) in [5.41, 5.74) is -0.713. The molecular formula is C30H31FN2O12. The zero-order chi connectivity index (χ0) is 33.5. The second-order valence-electron chi connectivity index (χ2n) is 8.32. The number of methoxy groups -OCH3 is 6. The number of benzene rings is 4. The standard InChI is InChI=1S/C15H15NO6.C8H10O3.C7H6FNO3/c1-19-10-4-6-12(16(17)18)14(8-10)22-13-7-5-11(20-2)9-15(13)21-3;1-10-6-3-4-7(9)8(5-6)11-2;1-12-5-2-3-7(9(10)11)6(8)4-5/h4-9H,1-3H3;3-5,9H,1-2H3;2-4H,1H3. The van der Waals surface area contributed by atoms with Crippen molar-refractivity contribution >= 4 is 11.4 Å². The number of halogens is 1. The minimum Gasteiger partial charge on any atom is -0.504 e. The van der Waals surface area contributed by atoms with Gasteiger partial charge >= 0.3 is 11.4 Å². The Morgan fingerprint density at radius 1 is 0.533 bits per heavy atom. The summed E-state index contributed by atoms with van der Waals surface area (Å²) in [6.45, 7) is 0. The Kier molecular flexibility index (Phi) is 13.5. The van der Waals surface area contributed by atoms with Gasteiger partial charge in [0, 0.05) is 36.4 Å². The van der Waals surface area contributed by atoms with Crippen molar-refractivity contribution in [2.45, 2.75) is 0 Å². The highest BCUT2D eigenvalue weighted by Crippen LogP contribution is 2.39. The van der Waals surface area contributed by atoms with Crippen molar-refractivity contribution in [3.63, 3.8) is 0 Å². The molecule has 0 aliphatic rings. The summed E-state index contributed by atoms with van der Waals surface area (Å²) in [5, 5.41) is 30.4. The summed E-state index contributed by atoms with van der Waals surface area (Å²) in [6.07, 6.45) is 0. The third-order valence-corrected chi connectivity index (χ3v) is 5.69. The molecule has 0 amide bonds. The molecule has 14 nitrogen and oxygen atoms in total. The maximum Gasteiger partial charge on any atom is 0.311 e. The van der Waals surface area contributed by atoms with Crippen molar-refractivity contribution in [2.75, 3.05) is 42.7 Å². The van der Waals surface area contributed by atoms with Gasteiger partial charge in [-0.3, -0.25) is 20.2 Å². The predicted octanol–water partition coefficient (Wildman–Crippen LogP) is 6.56. The maximum absolute atomic E-state index is 12.8. The first-order chi connectivity index (χ1) is 21.5. The Bertz CT molecular complexity index is 1600. The predicted molar refractivity (Wildman–Crippen MR) is 160 cm³/mol. The number of ether oxygens (including phenoxy) is 7. The fourth-order valence-corrected chi connectivity index (χ4v) is 3.38. The Hall–Kier alpha value is -5.99. The Morgan fingerprint density at radius 2 is 0.956 bits per heavy atom. The fraction of sp³-hybridized carbons (Fsp3) is 0.200. The molecule has 0 bridgehead atoms. The average molecular weight is 631 g/mol. The monoisotopic (exact) mass is 630 g/mol. The average Bonchev–Trinajstić information content (AvgIpc) is 3.05. The summed E-state index contributed by atoms with van der Waals surface area (Å²) in [4.78, 5) is 19.9. The Balaban J connectivity index is 0.000000259. The van der Waals surface area contributed by atoms with Crippen LogP contribution in [0.4, 0.5) is 15.8 Å². The van der Waals surface area contributed by atoms with E-state index in [-0.39, 0.29) is 22.9 Å². The van der Waals surface area contributed by atoms with E-state index in [0.717, 1.165) is 12.1 Å². The van der Waals surface area contributed by atoms with Crippen LogP contribution >= 0.6 is 0 Å². The van der Waals surface area contributed by atoms with Crippen molar-refractivity contribution in [3.8, 4) is 51.7 Å². The van der Waals surface area contributed by atoms with Crippen LogP contribution in [0.2, 0.25) is 0 Å². The molecule has 1 N–H and O–H groups in total. The van der Waals surface area contributed by atoms with Gasteiger partial charge in [0.1, 0.15) is 23.0 Å². The van der Waals surface area contributed by atoms with Crippen LogP contribution in [-0.4, -0.2) is 57.6 Å². The lowest BCUT2D eigenvalue weighted by Crippen LogP contribution is -1.96. The highest BCUT2D eigenvalue weighted by Gasteiger charge is 2.19. The quantitative estimate of drug-likeness (QED) is 0.148. The van der Waals surface area contributed by atoms with E-state index in [1.807, 2.05) is 0 Å². The molecule has 0 atom stereocenters. The topological polar surface area (TPSA) is 171 Å². The molecule has 0 spiro atoms. The number of hydrogen-bond acceptors (Lipinski definition) is 12. The molecule has 4 aromatic carbocycles. The van der Waals surface area contributed by atoms with Crippen LogP contribution in [0.25, 0.3) is 0 Å². The van der Waals surface area contributed by atoms with Gasteiger partial charge in [0.15, 0.2) is 23.0 Å². The summed E-state index contributed by atoms with van der Waals surface area (Å²) >= 11 is 0. The van der Waals surface area contributed by atoms with Crippen molar-refractivity contribution in [1.82, 2.24) is 0 Å². The number of nitro benzene ring substituents is 2. The smallest absolute Gasteiger partial charge is 0.311 e. The number of aromatic hydroxyl groups is 1. The van der Waals surface area contributed by atoms with Gasteiger partial charge in [-0.05, 0) is 36.4 Å². The fourth-order valence-electron chi connectivity index (χ4n) is 3.38. The molecular weight excluding hydrogens is 599 g/mol. The molecule has 0 heterocycles. The first-order valence-electron chi connectivity index (χ1n) is 12.6. The van der Waals surface area contributed by atoms with Crippen LogP contribution in [-0.2, 0) is 0 Å². The Morgan fingerprint density at radius 3 is 1.42 bits per heavy atom. The van der Waals surface area contributed by atoms with Gasteiger partial charge in [-0.2, -0.15) is 4.39 Å². The molecule has 0 fully saturated rings. The van der Waals surface area contributed by atoms with Gasteiger partial charge in [0.05, 0.1) is 52.5 Å². The molecule has 0 aliphatic heterocycles. The highest BCUT2D eigenvalue weighted by atomic mass is 19.1. The van der Waals surface area contributed by atoms with E-state index in [2.05, 4.69) is 4.74 Å². The second kappa shape index (κ2) is 17.2. The molecule has 15 heteroatoms. The molecule has 0 saturated carbocycles. The van der Waals surface area contributed by atoms with E-state index >= 15 is 0 Å². The van der Waals surface area contributed by atoms with Crippen LogP contribution in [0.1, 0.15) is 0 Å². The molecule has 45 heavy (non-hydrogen) atoms. The minimum atomic E-state index is -0.889. The summed E-state index contributed by atoms with van der Waals surface area (Å²) in [6, 6.07) is 17.4. The van der Waals surface area contributed by atoms with Gasteiger partial charge in [0.25, 0.3) is 0 Å². The van der Waals surface area contributed by atoms with E-state index in [1.165, 1.54) is 65.9 Å². The molecule has 0 unspecified atom stereocenters. The minimum absolute atomic E-state index is 0.0628. The Labute approximate surface area is 257 Å². The lowest BCUT2D eigenvalue weighted by atomic mass is 10.2. The first-order valence-corrected chi connectivity index (χ1v) is 12.6. The second-order valence-corrected chi connectivity index (χ2v) is 8.32. The number of phenolic OH excluding ortho intramolecular Hbond substituents is 1. The number of hydrogen-bond donors (Lipinski definition) is 1. The lowest BCUT2D eigenvalue weighted by molar-refractivity contribution is -0.387. The van der Waals surface area contributed by atoms with Crippen molar-refractivity contribution in [3.05, 3.63) is 98.8 Å². The van der Waals surface area contributed by atoms with Gasteiger partial charge in [0.2, 0.25) is 11.6 Å². The molecule has 4 rings (SSSR count). The van der Waals surface area contributed by atoms with Crippen LogP contribution in [0.15, 0.2) is 72.8 Å². The zero-order valence-electron chi connectivity index (χ0n) is 25.1. The van der Waals surface area contributed by atoms with E-state index in [9.17, 15) is 24.6 Å². The van der Waals surface area contributed by atoms with Gasteiger partial charge < -0.3 is 38.3 Å². The van der Waals surface area contributed by atoms with Crippen molar-refractivity contribution in [1.29, 1.82) is 0 Å². The van der Waals surface area contributed by atoms with E-state index < -0.39 is 21.4 Å². The number of nitrogens with zero attached hydrogens (tertiary/aromatic N) is 2. The number of nitro groups is 2. The van der Waals surface area contributed by atoms with Crippen LogP contribution in [0.3, 0.4) is 0 Å². The normalized spacial score (nSPS) is 9.67. The zero-order valence-corrected chi connectivity index (χ0v) is 25.1. The van der Waals surface area contributed by atoms with Crippen LogP contribution < -0.4 is 33.2 Å². The molecule has 240 valence electrons. The highest BCUT2D eigenvalue weighted by molar-refractivity contribution is 5.55. The summed E-state index contributed by atoms with van der Waals surface area (Å²) in [5.74, 6) is 2.41. The third-order valence-electron chi connectivity index (χ3n) is 5.69. The summed E-state index contributed by atoms with van der Waals surface area (Å²) < 4.78 is 48.2. The number of rotatable bonds is 10. The molecule has 0 radical (unpaired) electrons. The molecule has 0 aromatic heterocycles. The van der Waals surface area contributed by atoms with E-state index in [4.69, 9.17) is 33.5 Å². The first kappa shape index (κ1) is 35.2. The molecule has 0 saturated heterocycles. The van der Waals surface area contributed by atoms with Crippen LogP contribution in [0.5, 0.6) is 51.7 Å². The van der Waals surface area contributed by atoms with Crippen molar-refractivity contribution < 1.29 is 52.5 Å². The van der Waals surface area contributed by atoms with Gasteiger partial charge in [-0.1, -0.05) is 0 Å². The van der Waals surface area contributed by atoms with Gasteiger partial charge in [-0.15, -0.1) is 0 Å². The summed E-state index contributed by atoms with van der Waals surface area (Å²) in [7, 11) is 8.89. The largest absolute Gasteiger partial charge is 0.504 e. The lowest BCUT2D eigenvalue weighted by Gasteiger charge is -2.12. The number of phenols is 1. The third kappa shape index (κ3) is 10.1. The molecule has 0 aliphatic carbocycles. The van der Waals surface area contributed by atoms with Gasteiger partial charge in [-0.25, -0.2) is 0 Å². The maximum atomic E-state index is 12.8. The van der Waals surface area contributed by atoms with E-state index in [0.29, 0.717) is 34.5 Å². The van der Waals surface area contributed by atoms with Crippen LogP contribution in [0, 0.1) is 26.0 Å². The van der Waals surface area contributed by atoms with Crippen molar-refractivity contribution in [2.24, 2.45) is 0 Å². The van der Waals surface area contributed by atoms with E-state index in [1.54, 1.807) is 37.4 Å². The molecule has 4 aromatic rings.